The molecule has 0 bridgehead atoms. The standard InChI is InChI=1S/C15H18N4O7/c1-24-15-12(26-6-2-3-17-4-7-25-8-5-17)9-11(10-16)13(18(20)21)14(15)19(22)23/h9H,2-8H2,1H3. The van der Waals surface area contributed by atoms with Crippen molar-refractivity contribution in [3.63, 3.8) is 0 Å². The van der Waals surface area contributed by atoms with E-state index in [-0.39, 0.29) is 18.1 Å². The number of hydrogen-bond acceptors (Lipinski definition) is 9. The Hall–Kier alpha value is -2.97. The summed E-state index contributed by atoms with van der Waals surface area (Å²) in [4.78, 5) is 22.7. The molecule has 1 saturated heterocycles. The Kier molecular flexibility index (Phi) is 6.65. The maximum atomic E-state index is 11.3. The van der Waals surface area contributed by atoms with Crippen LogP contribution in [0.5, 0.6) is 11.5 Å². The first-order valence-corrected chi connectivity index (χ1v) is 7.86. The molecule has 0 radical (unpaired) electrons. The molecule has 2 rings (SSSR count). The molecule has 0 aromatic heterocycles. The van der Waals surface area contributed by atoms with E-state index in [2.05, 4.69) is 4.90 Å². The molecule has 11 nitrogen and oxygen atoms in total. The number of rotatable bonds is 8. The molecule has 1 aliphatic rings. The number of nitriles is 1. The van der Waals surface area contributed by atoms with Gasteiger partial charge in [0.2, 0.25) is 5.75 Å². The smallest absolute Gasteiger partial charge is 0.392 e. The third kappa shape index (κ3) is 4.35. The monoisotopic (exact) mass is 366 g/mol. The van der Waals surface area contributed by atoms with Gasteiger partial charge in [-0.1, -0.05) is 0 Å². The predicted octanol–water partition coefficient (Wildman–Crippen LogP) is 1.48. The lowest BCUT2D eigenvalue weighted by Gasteiger charge is -2.26. The maximum absolute atomic E-state index is 11.3. The van der Waals surface area contributed by atoms with Crippen LogP contribution in [0.25, 0.3) is 0 Å². The van der Waals surface area contributed by atoms with Crippen molar-refractivity contribution >= 4 is 11.4 Å². The van der Waals surface area contributed by atoms with Crippen LogP contribution in [0, 0.1) is 31.6 Å². The highest BCUT2D eigenvalue weighted by Gasteiger charge is 2.37. The van der Waals surface area contributed by atoms with E-state index < -0.39 is 26.8 Å². The normalized spacial score (nSPS) is 14.5. The van der Waals surface area contributed by atoms with E-state index in [4.69, 9.17) is 19.5 Å². The molecular formula is C15H18N4O7. The lowest BCUT2D eigenvalue weighted by molar-refractivity contribution is -0.423. The van der Waals surface area contributed by atoms with Crippen LogP contribution < -0.4 is 9.47 Å². The Morgan fingerprint density at radius 2 is 1.92 bits per heavy atom. The second-order valence-electron chi connectivity index (χ2n) is 5.43. The number of benzene rings is 1. The highest BCUT2D eigenvalue weighted by Crippen LogP contribution is 2.45. The molecular weight excluding hydrogens is 348 g/mol. The van der Waals surface area contributed by atoms with Gasteiger partial charge in [-0.2, -0.15) is 5.26 Å². The van der Waals surface area contributed by atoms with Crippen LogP contribution in [0.1, 0.15) is 12.0 Å². The number of ether oxygens (including phenoxy) is 3. The first-order chi connectivity index (χ1) is 12.5. The van der Waals surface area contributed by atoms with Crippen molar-refractivity contribution in [3.8, 4) is 17.6 Å². The van der Waals surface area contributed by atoms with E-state index >= 15 is 0 Å². The second kappa shape index (κ2) is 8.93. The van der Waals surface area contributed by atoms with Crippen molar-refractivity contribution in [2.24, 2.45) is 0 Å². The van der Waals surface area contributed by atoms with Crippen LogP contribution in [-0.2, 0) is 4.74 Å². The van der Waals surface area contributed by atoms with Crippen molar-refractivity contribution in [2.75, 3.05) is 46.6 Å². The lowest BCUT2D eigenvalue weighted by atomic mass is 10.1. The van der Waals surface area contributed by atoms with E-state index in [1.165, 1.54) is 0 Å². The Morgan fingerprint density at radius 3 is 2.46 bits per heavy atom. The molecule has 1 fully saturated rings. The molecule has 11 heteroatoms. The third-order valence-electron chi connectivity index (χ3n) is 3.86. The summed E-state index contributed by atoms with van der Waals surface area (Å²) in [7, 11) is 1.15. The zero-order valence-corrected chi connectivity index (χ0v) is 14.2. The number of morpholine rings is 1. The predicted molar refractivity (Wildman–Crippen MR) is 88.4 cm³/mol. The molecule has 0 amide bonds. The van der Waals surface area contributed by atoms with Crippen LogP contribution in [0.2, 0.25) is 0 Å². The average Bonchev–Trinajstić information content (AvgIpc) is 2.64. The van der Waals surface area contributed by atoms with E-state index in [0.29, 0.717) is 19.6 Å². The van der Waals surface area contributed by atoms with Gasteiger partial charge in [-0.05, 0) is 6.42 Å². The fraction of sp³-hybridized carbons (Fsp3) is 0.533. The fourth-order valence-corrected chi connectivity index (χ4v) is 2.66. The van der Waals surface area contributed by atoms with E-state index in [1.807, 2.05) is 0 Å². The summed E-state index contributed by atoms with van der Waals surface area (Å²) in [5.74, 6) is -0.435. The van der Waals surface area contributed by atoms with Crippen molar-refractivity contribution in [1.29, 1.82) is 5.26 Å². The first-order valence-electron chi connectivity index (χ1n) is 7.86. The molecule has 0 N–H and O–H groups in total. The SMILES string of the molecule is COc1c(OCCCN2CCOCC2)cc(C#N)c([N+](=O)[O-])c1[N+](=O)[O-]. The minimum atomic E-state index is -0.971. The molecule has 0 saturated carbocycles. The molecule has 1 aromatic carbocycles. The van der Waals surface area contributed by atoms with Gasteiger partial charge in [0.1, 0.15) is 11.6 Å². The highest BCUT2D eigenvalue weighted by atomic mass is 16.6. The van der Waals surface area contributed by atoms with Crippen molar-refractivity contribution < 1.29 is 24.1 Å². The highest BCUT2D eigenvalue weighted by molar-refractivity contribution is 5.73. The Morgan fingerprint density at radius 1 is 1.27 bits per heavy atom. The molecule has 1 aromatic rings. The van der Waals surface area contributed by atoms with Gasteiger partial charge < -0.3 is 14.2 Å². The summed E-state index contributed by atoms with van der Waals surface area (Å²) in [5.41, 5.74) is -2.25. The van der Waals surface area contributed by atoms with Crippen LogP contribution in [0.15, 0.2) is 6.07 Å². The van der Waals surface area contributed by atoms with E-state index in [0.717, 1.165) is 32.8 Å². The largest absolute Gasteiger partial charge is 0.489 e. The van der Waals surface area contributed by atoms with Crippen LogP contribution >= 0.6 is 0 Å². The first kappa shape index (κ1) is 19.4. The van der Waals surface area contributed by atoms with Crippen molar-refractivity contribution in [1.82, 2.24) is 4.90 Å². The molecule has 0 aliphatic carbocycles. The van der Waals surface area contributed by atoms with E-state index in [1.54, 1.807) is 6.07 Å². The zero-order chi connectivity index (χ0) is 19.1. The molecule has 0 atom stereocenters. The number of nitrogens with zero attached hydrogens (tertiary/aromatic N) is 4. The molecule has 1 aliphatic heterocycles. The van der Waals surface area contributed by atoms with Gasteiger partial charge in [-0.3, -0.25) is 25.1 Å². The summed E-state index contributed by atoms with van der Waals surface area (Å²) in [6.45, 7) is 3.97. The van der Waals surface area contributed by atoms with Gasteiger partial charge in [0.25, 0.3) is 0 Å². The molecule has 0 unspecified atom stereocenters. The van der Waals surface area contributed by atoms with Crippen molar-refractivity contribution in [3.05, 3.63) is 31.9 Å². The fourth-order valence-electron chi connectivity index (χ4n) is 2.66. The topological polar surface area (TPSA) is 141 Å². The van der Waals surface area contributed by atoms with Crippen molar-refractivity contribution in [2.45, 2.75) is 6.42 Å². The summed E-state index contributed by atoms with van der Waals surface area (Å²) in [6.07, 6.45) is 0.635. The quantitative estimate of drug-likeness (QED) is 0.380. The summed E-state index contributed by atoms with van der Waals surface area (Å²) >= 11 is 0. The van der Waals surface area contributed by atoms with Gasteiger partial charge in [-0.25, -0.2) is 0 Å². The lowest BCUT2D eigenvalue weighted by Crippen LogP contribution is -2.37. The van der Waals surface area contributed by atoms with E-state index in [9.17, 15) is 20.2 Å². The average molecular weight is 366 g/mol. The van der Waals surface area contributed by atoms with Gasteiger partial charge in [0.05, 0.1) is 36.8 Å². The van der Waals surface area contributed by atoms with Gasteiger partial charge >= 0.3 is 11.4 Å². The number of hydrogen-bond donors (Lipinski definition) is 0. The zero-order valence-electron chi connectivity index (χ0n) is 14.2. The van der Waals surface area contributed by atoms with Gasteiger partial charge in [0, 0.05) is 25.7 Å². The molecule has 1 heterocycles. The molecule has 26 heavy (non-hydrogen) atoms. The summed E-state index contributed by atoms with van der Waals surface area (Å²) < 4.78 is 15.8. The van der Waals surface area contributed by atoms with Crippen LogP contribution in [0.3, 0.4) is 0 Å². The Balaban J connectivity index is 2.19. The number of methoxy groups -OCH3 is 1. The summed E-state index contributed by atoms with van der Waals surface area (Å²) in [6, 6.07) is 2.70. The Labute approximate surface area is 149 Å². The summed E-state index contributed by atoms with van der Waals surface area (Å²) in [5, 5.41) is 31.6. The van der Waals surface area contributed by atoms with Crippen LogP contribution in [0.4, 0.5) is 11.4 Å². The molecule has 0 spiro atoms. The maximum Gasteiger partial charge on any atom is 0.392 e. The Bertz CT molecular complexity index is 726. The third-order valence-corrected chi connectivity index (χ3v) is 3.86. The number of nitro benzene ring substituents is 2. The van der Waals surface area contributed by atoms with Gasteiger partial charge in [0.15, 0.2) is 5.75 Å². The minimum absolute atomic E-state index is 0.0664. The second-order valence-corrected chi connectivity index (χ2v) is 5.43. The minimum Gasteiger partial charge on any atom is -0.489 e. The van der Waals surface area contributed by atoms with Crippen LogP contribution in [-0.4, -0.2) is 61.3 Å². The molecule has 140 valence electrons. The number of nitro groups is 2. The van der Waals surface area contributed by atoms with Gasteiger partial charge in [-0.15, -0.1) is 0 Å².